The van der Waals surface area contributed by atoms with Crippen molar-refractivity contribution in [2.75, 3.05) is 13.1 Å². The van der Waals surface area contributed by atoms with Crippen molar-refractivity contribution in [3.05, 3.63) is 48.0 Å². The van der Waals surface area contributed by atoms with E-state index < -0.39 is 0 Å². The van der Waals surface area contributed by atoms with Gasteiger partial charge in [-0.05, 0) is 42.3 Å². The van der Waals surface area contributed by atoms with E-state index in [1.807, 2.05) is 0 Å². The SMILES string of the molecule is NC(=S)C(c1cccc2ccccc12)N1CCCC1. The molecule has 1 aliphatic heterocycles. The molecule has 1 unspecified atom stereocenters. The molecule has 0 aromatic heterocycles. The summed E-state index contributed by atoms with van der Waals surface area (Å²) in [5, 5.41) is 2.51. The Morgan fingerprint density at radius 1 is 1.05 bits per heavy atom. The quantitative estimate of drug-likeness (QED) is 0.868. The number of hydrogen-bond donors (Lipinski definition) is 1. The van der Waals surface area contributed by atoms with E-state index in [1.165, 1.54) is 29.2 Å². The van der Waals surface area contributed by atoms with Gasteiger partial charge in [0.25, 0.3) is 0 Å². The van der Waals surface area contributed by atoms with E-state index in [0.29, 0.717) is 4.99 Å². The Labute approximate surface area is 119 Å². The van der Waals surface area contributed by atoms with E-state index in [9.17, 15) is 0 Å². The highest BCUT2D eigenvalue weighted by atomic mass is 32.1. The average Bonchev–Trinajstić information content (AvgIpc) is 2.93. The van der Waals surface area contributed by atoms with Crippen molar-refractivity contribution >= 4 is 28.0 Å². The number of thiocarbonyl (C=S) groups is 1. The number of benzene rings is 2. The Bertz CT molecular complexity index is 597. The van der Waals surface area contributed by atoms with Gasteiger partial charge in [-0.3, -0.25) is 4.90 Å². The predicted molar refractivity (Wildman–Crippen MR) is 84.3 cm³/mol. The Morgan fingerprint density at radius 2 is 1.74 bits per heavy atom. The van der Waals surface area contributed by atoms with Crippen molar-refractivity contribution in [1.82, 2.24) is 4.90 Å². The third kappa shape index (κ3) is 2.36. The molecular weight excluding hydrogens is 252 g/mol. The minimum absolute atomic E-state index is 0.0728. The van der Waals surface area contributed by atoms with Gasteiger partial charge in [0, 0.05) is 0 Å². The van der Waals surface area contributed by atoms with Gasteiger partial charge in [0.2, 0.25) is 0 Å². The normalized spacial score (nSPS) is 17.7. The van der Waals surface area contributed by atoms with Crippen LogP contribution in [0, 0.1) is 0 Å². The van der Waals surface area contributed by atoms with Gasteiger partial charge in [0.1, 0.15) is 0 Å². The van der Waals surface area contributed by atoms with Gasteiger partial charge >= 0.3 is 0 Å². The summed E-state index contributed by atoms with van der Waals surface area (Å²) in [7, 11) is 0. The maximum atomic E-state index is 6.03. The molecular formula is C16H18N2S. The standard InChI is InChI=1S/C16H18N2S/c17-16(19)15(18-10-3-4-11-18)14-9-5-7-12-6-1-2-8-13(12)14/h1-2,5-9,15H,3-4,10-11H2,(H2,17,19). The molecule has 0 radical (unpaired) electrons. The molecule has 0 saturated carbocycles. The molecule has 2 N–H and O–H groups in total. The van der Waals surface area contributed by atoms with E-state index in [4.69, 9.17) is 18.0 Å². The zero-order valence-electron chi connectivity index (χ0n) is 10.9. The molecule has 2 aromatic rings. The monoisotopic (exact) mass is 270 g/mol. The number of rotatable bonds is 3. The second-order valence-electron chi connectivity index (χ2n) is 5.12. The molecule has 2 nitrogen and oxygen atoms in total. The fourth-order valence-electron chi connectivity index (χ4n) is 3.02. The molecule has 1 fully saturated rings. The highest BCUT2D eigenvalue weighted by molar-refractivity contribution is 7.80. The first-order valence-electron chi connectivity index (χ1n) is 6.78. The van der Waals surface area contributed by atoms with Crippen LogP contribution in [0.5, 0.6) is 0 Å². The molecule has 0 amide bonds. The van der Waals surface area contributed by atoms with E-state index in [2.05, 4.69) is 47.4 Å². The van der Waals surface area contributed by atoms with Gasteiger partial charge in [-0.2, -0.15) is 0 Å². The van der Waals surface area contributed by atoms with Crippen LogP contribution in [-0.2, 0) is 0 Å². The lowest BCUT2D eigenvalue weighted by atomic mass is 9.98. The lowest BCUT2D eigenvalue weighted by Gasteiger charge is -2.27. The molecule has 1 saturated heterocycles. The van der Waals surface area contributed by atoms with Gasteiger partial charge in [0.05, 0.1) is 11.0 Å². The maximum absolute atomic E-state index is 6.03. The van der Waals surface area contributed by atoms with Gasteiger partial charge in [-0.25, -0.2) is 0 Å². The van der Waals surface area contributed by atoms with E-state index in [-0.39, 0.29) is 6.04 Å². The van der Waals surface area contributed by atoms with E-state index in [0.717, 1.165) is 13.1 Å². The van der Waals surface area contributed by atoms with Gasteiger partial charge in [0.15, 0.2) is 0 Å². The number of likely N-dealkylation sites (tertiary alicyclic amines) is 1. The van der Waals surface area contributed by atoms with Crippen LogP contribution in [0.1, 0.15) is 24.4 Å². The highest BCUT2D eigenvalue weighted by Gasteiger charge is 2.26. The zero-order chi connectivity index (χ0) is 13.2. The second kappa shape index (κ2) is 5.27. The average molecular weight is 270 g/mol. The third-order valence-corrected chi connectivity index (χ3v) is 4.12. The van der Waals surface area contributed by atoms with Gasteiger partial charge in [-0.1, -0.05) is 54.7 Å². The Kier molecular flexibility index (Phi) is 3.49. The Balaban J connectivity index is 2.12. The summed E-state index contributed by atoms with van der Waals surface area (Å²) in [4.78, 5) is 2.99. The molecule has 0 bridgehead atoms. The molecule has 0 spiro atoms. The summed E-state index contributed by atoms with van der Waals surface area (Å²) in [6.07, 6.45) is 2.48. The molecule has 2 aromatic carbocycles. The number of nitrogens with zero attached hydrogens (tertiary/aromatic N) is 1. The van der Waals surface area contributed by atoms with Crippen LogP contribution >= 0.6 is 12.2 Å². The minimum Gasteiger partial charge on any atom is -0.392 e. The highest BCUT2D eigenvalue weighted by Crippen LogP contribution is 2.30. The molecule has 1 atom stereocenters. The smallest absolute Gasteiger partial charge is 0.0948 e. The van der Waals surface area contributed by atoms with Gasteiger partial charge in [-0.15, -0.1) is 0 Å². The first-order chi connectivity index (χ1) is 9.27. The summed E-state index contributed by atoms with van der Waals surface area (Å²) >= 11 is 5.33. The summed E-state index contributed by atoms with van der Waals surface area (Å²) in [6.45, 7) is 2.18. The van der Waals surface area contributed by atoms with Crippen LogP contribution in [0.25, 0.3) is 10.8 Å². The molecule has 3 heteroatoms. The van der Waals surface area contributed by atoms with E-state index in [1.54, 1.807) is 0 Å². The first-order valence-corrected chi connectivity index (χ1v) is 7.19. The largest absolute Gasteiger partial charge is 0.392 e. The predicted octanol–water partition coefficient (Wildman–Crippen LogP) is 3.26. The summed E-state index contributed by atoms with van der Waals surface area (Å²) in [5.74, 6) is 0. The summed E-state index contributed by atoms with van der Waals surface area (Å²) < 4.78 is 0. The lowest BCUT2D eigenvalue weighted by molar-refractivity contribution is 0.306. The van der Waals surface area contributed by atoms with Crippen LogP contribution in [-0.4, -0.2) is 23.0 Å². The molecule has 98 valence electrons. The number of fused-ring (bicyclic) bond motifs is 1. The van der Waals surface area contributed by atoms with Crippen molar-refractivity contribution < 1.29 is 0 Å². The lowest BCUT2D eigenvalue weighted by Crippen LogP contribution is -2.35. The Morgan fingerprint density at radius 3 is 2.47 bits per heavy atom. The fourth-order valence-corrected chi connectivity index (χ4v) is 3.29. The molecule has 1 heterocycles. The summed E-state index contributed by atoms with van der Waals surface area (Å²) in [5.41, 5.74) is 7.27. The van der Waals surface area contributed by atoms with Crippen LogP contribution in [0.4, 0.5) is 0 Å². The summed E-state index contributed by atoms with van der Waals surface area (Å²) in [6, 6.07) is 14.9. The van der Waals surface area contributed by atoms with Crippen LogP contribution in [0.15, 0.2) is 42.5 Å². The van der Waals surface area contributed by atoms with Gasteiger partial charge < -0.3 is 5.73 Å². The maximum Gasteiger partial charge on any atom is 0.0948 e. The van der Waals surface area contributed by atoms with E-state index >= 15 is 0 Å². The van der Waals surface area contributed by atoms with Crippen molar-refractivity contribution in [3.8, 4) is 0 Å². The van der Waals surface area contributed by atoms with Crippen LogP contribution in [0.3, 0.4) is 0 Å². The topological polar surface area (TPSA) is 29.3 Å². The molecule has 19 heavy (non-hydrogen) atoms. The van der Waals surface area contributed by atoms with Crippen LogP contribution < -0.4 is 5.73 Å². The van der Waals surface area contributed by atoms with Crippen LogP contribution in [0.2, 0.25) is 0 Å². The van der Waals surface area contributed by atoms with Crippen molar-refractivity contribution in [2.45, 2.75) is 18.9 Å². The third-order valence-electron chi connectivity index (χ3n) is 3.89. The molecule has 1 aliphatic rings. The first kappa shape index (κ1) is 12.6. The van der Waals surface area contributed by atoms with Crippen molar-refractivity contribution in [1.29, 1.82) is 0 Å². The Hall–Kier alpha value is -1.45. The minimum atomic E-state index is 0.0728. The number of hydrogen-bond acceptors (Lipinski definition) is 2. The zero-order valence-corrected chi connectivity index (χ0v) is 11.7. The van der Waals surface area contributed by atoms with Crippen molar-refractivity contribution in [2.24, 2.45) is 5.73 Å². The van der Waals surface area contributed by atoms with Crippen molar-refractivity contribution in [3.63, 3.8) is 0 Å². The second-order valence-corrected chi connectivity index (χ2v) is 5.59. The number of nitrogens with two attached hydrogens (primary N) is 1. The fraction of sp³-hybridized carbons (Fsp3) is 0.312. The molecule has 0 aliphatic carbocycles. The molecule has 3 rings (SSSR count).